The first kappa shape index (κ1) is 21.2. The van der Waals surface area contributed by atoms with Gasteiger partial charge in [-0.1, -0.05) is 43.2 Å². The van der Waals surface area contributed by atoms with Crippen LogP contribution in [-0.2, 0) is 16.0 Å². The van der Waals surface area contributed by atoms with E-state index in [4.69, 9.17) is 9.47 Å². The zero-order valence-electron chi connectivity index (χ0n) is 18.0. The van der Waals surface area contributed by atoms with Gasteiger partial charge in [0.15, 0.2) is 11.5 Å². The number of benzene rings is 2. The number of fused-ring (bicyclic) bond motifs is 1. The highest BCUT2D eigenvalue weighted by Crippen LogP contribution is 2.43. The van der Waals surface area contributed by atoms with Gasteiger partial charge < -0.3 is 19.5 Å². The smallest absolute Gasteiger partial charge is 0.307 e. The molecule has 2 aromatic rings. The lowest BCUT2D eigenvalue weighted by molar-refractivity contribution is -0.153. The second kappa shape index (κ2) is 9.00. The van der Waals surface area contributed by atoms with E-state index >= 15 is 0 Å². The van der Waals surface area contributed by atoms with Gasteiger partial charge in [0.2, 0.25) is 5.91 Å². The molecule has 1 aliphatic heterocycles. The van der Waals surface area contributed by atoms with Crippen molar-refractivity contribution >= 4 is 11.9 Å². The molecule has 6 nitrogen and oxygen atoms in total. The lowest BCUT2D eigenvalue weighted by Crippen LogP contribution is -2.47. The molecule has 0 aromatic heterocycles. The quantitative estimate of drug-likeness (QED) is 0.785. The molecule has 31 heavy (non-hydrogen) atoms. The maximum atomic E-state index is 13.7. The first-order chi connectivity index (χ1) is 15.0. The first-order valence-corrected chi connectivity index (χ1v) is 10.9. The normalized spacial score (nSPS) is 23.0. The van der Waals surface area contributed by atoms with Crippen LogP contribution in [0.25, 0.3) is 0 Å². The third-order valence-electron chi connectivity index (χ3n) is 6.67. The Bertz CT molecular complexity index is 958. The molecule has 164 valence electrons. The molecule has 2 aromatic carbocycles. The summed E-state index contributed by atoms with van der Waals surface area (Å²) in [5, 5.41) is 9.72. The highest BCUT2D eigenvalue weighted by molar-refractivity contribution is 5.86. The van der Waals surface area contributed by atoms with Crippen molar-refractivity contribution in [1.29, 1.82) is 0 Å². The highest BCUT2D eigenvalue weighted by Gasteiger charge is 2.42. The van der Waals surface area contributed by atoms with E-state index in [2.05, 4.69) is 0 Å². The summed E-state index contributed by atoms with van der Waals surface area (Å²) in [6, 6.07) is 13.6. The predicted octanol–water partition coefficient (Wildman–Crippen LogP) is 4.07. The van der Waals surface area contributed by atoms with Gasteiger partial charge in [0.1, 0.15) is 0 Å². The van der Waals surface area contributed by atoms with Crippen molar-refractivity contribution in [3.63, 3.8) is 0 Å². The van der Waals surface area contributed by atoms with Gasteiger partial charge in [-0.15, -0.1) is 0 Å². The van der Waals surface area contributed by atoms with Crippen LogP contribution in [0.5, 0.6) is 11.5 Å². The fourth-order valence-corrected chi connectivity index (χ4v) is 5.11. The SMILES string of the molecule is COc1cc2c(cc1OC)[C@H](c1ccccc1)N(C(=O)[C@@H]1CCCC[C@H]1C(=O)O)CC2. The van der Waals surface area contributed by atoms with E-state index in [0.29, 0.717) is 37.3 Å². The second-order valence-corrected chi connectivity index (χ2v) is 8.34. The van der Waals surface area contributed by atoms with Gasteiger partial charge in [0.05, 0.1) is 32.1 Å². The number of rotatable bonds is 5. The highest BCUT2D eigenvalue weighted by atomic mass is 16.5. The van der Waals surface area contributed by atoms with Crippen LogP contribution in [0.4, 0.5) is 0 Å². The zero-order chi connectivity index (χ0) is 22.0. The summed E-state index contributed by atoms with van der Waals surface area (Å²) < 4.78 is 11.0. The van der Waals surface area contributed by atoms with Crippen LogP contribution < -0.4 is 9.47 Å². The minimum Gasteiger partial charge on any atom is -0.493 e. The maximum Gasteiger partial charge on any atom is 0.307 e. The van der Waals surface area contributed by atoms with Crippen LogP contribution in [0.15, 0.2) is 42.5 Å². The van der Waals surface area contributed by atoms with Crippen molar-refractivity contribution in [2.75, 3.05) is 20.8 Å². The Kier molecular flexibility index (Phi) is 6.16. The lowest BCUT2D eigenvalue weighted by Gasteiger charge is -2.41. The zero-order valence-corrected chi connectivity index (χ0v) is 18.0. The van der Waals surface area contributed by atoms with E-state index in [1.54, 1.807) is 14.2 Å². The topological polar surface area (TPSA) is 76.1 Å². The minimum atomic E-state index is -0.863. The Morgan fingerprint density at radius 2 is 1.61 bits per heavy atom. The van der Waals surface area contributed by atoms with E-state index in [-0.39, 0.29) is 11.9 Å². The van der Waals surface area contributed by atoms with Crippen LogP contribution in [-0.4, -0.2) is 42.6 Å². The van der Waals surface area contributed by atoms with Gasteiger partial charge in [0.25, 0.3) is 0 Å². The molecule has 1 saturated carbocycles. The Labute approximate surface area is 182 Å². The summed E-state index contributed by atoms with van der Waals surface area (Å²) in [7, 11) is 3.22. The molecular weight excluding hydrogens is 394 g/mol. The standard InChI is InChI=1S/C25H29NO5/c1-30-21-14-17-12-13-26(24(27)18-10-6-7-11-19(18)25(28)29)23(16-8-4-3-5-9-16)20(17)15-22(21)31-2/h3-5,8-9,14-15,18-19,23H,6-7,10-13H2,1-2H3,(H,28,29)/t18-,19-,23+/m1/s1. The number of nitrogens with zero attached hydrogens (tertiary/aromatic N) is 1. The van der Waals surface area contributed by atoms with Crippen molar-refractivity contribution < 1.29 is 24.2 Å². The largest absolute Gasteiger partial charge is 0.493 e. The third-order valence-corrected chi connectivity index (χ3v) is 6.67. The molecule has 3 atom stereocenters. The summed E-state index contributed by atoms with van der Waals surface area (Å²) >= 11 is 0. The number of carboxylic acids is 1. The molecule has 1 aliphatic carbocycles. The Morgan fingerprint density at radius 3 is 2.26 bits per heavy atom. The van der Waals surface area contributed by atoms with Crippen LogP contribution in [0.1, 0.15) is 48.4 Å². The molecule has 0 saturated heterocycles. The summed E-state index contributed by atoms with van der Waals surface area (Å²) in [5.74, 6) is -0.702. The summed E-state index contributed by atoms with van der Waals surface area (Å²) in [6.07, 6.45) is 3.65. The van der Waals surface area contributed by atoms with Crippen molar-refractivity contribution in [3.05, 3.63) is 59.2 Å². The van der Waals surface area contributed by atoms with Crippen LogP contribution in [0.3, 0.4) is 0 Å². The molecule has 1 fully saturated rings. The van der Waals surface area contributed by atoms with Gasteiger partial charge >= 0.3 is 5.97 Å². The first-order valence-electron chi connectivity index (χ1n) is 10.9. The summed E-state index contributed by atoms with van der Waals surface area (Å²) in [5.41, 5.74) is 3.13. The van der Waals surface area contributed by atoms with Crippen molar-refractivity contribution in [3.8, 4) is 11.5 Å². The number of ether oxygens (including phenoxy) is 2. The molecule has 0 bridgehead atoms. The molecule has 0 unspecified atom stereocenters. The number of methoxy groups -OCH3 is 2. The fourth-order valence-electron chi connectivity index (χ4n) is 5.11. The van der Waals surface area contributed by atoms with Crippen LogP contribution >= 0.6 is 0 Å². The summed E-state index contributed by atoms with van der Waals surface area (Å²) in [6.45, 7) is 0.545. The number of amides is 1. The molecule has 1 amide bonds. The number of aliphatic carboxylic acids is 1. The molecular formula is C25H29NO5. The molecule has 0 spiro atoms. The number of carboxylic acid groups (broad SMARTS) is 1. The Balaban J connectivity index is 1.78. The fraction of sp³-hybridized carbons (Fsp3) is 0.440. The van der Waals surface area contributed by atoms with Crippen LogP contribution in [0, 0.1) is 11.8 Å². The van der Waals surface area contributed by atoms with E-state index in [0.717, 1.165) is 29.5 Å². The average molecular weight is 424 g/mol. The van der Waals surface area contributed by atoms with Gasteiger partial charge in [-0.2, -0.15) is 0 Å². The number of hydrogen-bond donors (Lipinski definition) is 1. The van der Waals surface area contributed by atoms with Gasteiger partial charge in [-0.05, 0) is 48.1 Å². The number of carbonyl (C=O) groups is 2. The number of hydrogen-bond acceptors (Lipinski definition) is 4. The van der Waals surface area contributed by atoms with Crippen LogP contribution in [0.2, 0.25) is 0 Å². The third kappa shape index (κ3) is 3.99. The molecule has 4 rings (SSSR count). The summed E-state index contributed by atoms with van der Waals surface area (Å²) in [4.78, 5) is 27.5. The van der Waals surface area contributed by atoms with Gasteiger partial charge in [-0.3, -0.25) is 9.59 Å². The van der Waals surface area contributed by atoms with E-state index in [1.165, 1.54) is 0 Å². The Hall–Kier alpha value is -3.02. The molecule has 6 heteroatoms. The molecule has 1 heterocycles. The number of carbonyl (C=O) groups excluding carboxylic acids is 1. The van der Waals surface area contributed by atoms with Crippen molar-refractivity contribution in [2.24, 2.45) is 11.8 Å². The van der Waals surface area contributed by atoms with E-state index in [9.17, 15) is 14.7 Å². The minimum absolute atomic E-state index is 0.0543. The Morgan fingerprint density at radius 1 is 0.968 bits per heavy atom. The monoisotopic (exact) mass is 423 g/mol. The maximum absolute atomic E-state index is 13.7. The molecule has 0 radical (unpaired) electrons. The average Bonchev–Trinajstić information content (AvgIpc) is 2.82. The van der Waals surface area contributed by atoms with Gasteiger partial charge in [0, 0.05) is 6.54 Å². The van der Waals surface area contributed by atoms with Crippen molar-refractivity contribution in [1.82, 2.24) is 4.90 Å². The van der Waals surface area contributed by atoms with Gasteiger partial charge in [-0.25, -0.2) is 0 Å². The van der Waals surface area contributed by atoms with E-state index < -0.39 is 17.8 Å². The van der Waals surface area contributed by atoms with Crippen molar-refractivity contribution in [2.45, 2.75) is 38.1 Å². The van der Waals surface area contributed by atoms with E-state index in [1.807, 2.05) is 47.4 Å². The molecule has 2 aliphatic rings. The molecule has 1 N–H and O–H groups in total. The predicted molar refractivity (Wildman–Crippen MR) is 116 cm³/mol. The lowest BCUT2D eigenvalue weighted by atomic mass is 9.77. The second-order valence-electron chi connectivity index (χ2n) is 8.34.